The van der Waals surface area contributed by atoms with Crippen molar-refractivity contribution in [2.45, 2.75) is 0 Å². The van der Waals surface area contributed by atoms with Gasteiger partial charge in [0.2, 0.25) is 5.88 Å². The first-order chi connectivity index (χ1) is 14.8. The van der Waals surface area contributed by atoms with Crippen LogP contribution in [0, 0.1) is 0 Å². The van der Waals surface area contributed by atoms with Crippen LogP contribution >= 0.6 is 0 Å². The predicted octanol–water partition coefficient (Wildman–Crippen LogP) is 4.47. The van der Waals surface area contributed by atoms with Crippen molar-refractivity contribution >= 4 is 16.8 Å². The van der Waals surface area contributed by atoms with Crippen LogP contribution in [0.3, 0.4) is 0 Å². The molecule has 1 aliphatic rings. The number of para-hydroxylation sites is 3. The minimum Gasteiger partial charge on any atom is -0.440 e. The van der Waals surface area contributed by atoms with Gasteiger partial charge in [0.25, 0.3) is 5.91 Å². The summed E-state index contributed by atoms with van der Waals surface area (Å²) in [5, 5.41) is 4.21. The Balaban J connectivity index is 1.75. The molecular formula is C25H23N3O2. The Morgan fingerprint density at radius 3 is 2.17 bits per heavy atom. The van der Waals surface area contributed by atoms with E-state index in [0.717, 1.165) is 29.7 Å². The molecule has 3 aromatic carbocycles. The molecule has 5 heteroatoms. The van der Waals surface area contributed by atoms with E-state index in [2.05, 4.69) is 5.32 Å². The summed E-state index contributed by atoms with van der Waals surface area (Å²) in [5.74, 6) is 1.26. The Bertz CT molecular complexity index is 1160. The lowest BCUT2D eigenvalue weighted by molar-refractivity contribution is 0.0735. The van der Waals surface area contributed by atoms with Gasteiger partial charge in [-0.25, -0.2) is 0 Å². The summed E-state index contributed by atoms with van der Waals surface area (Å²) in [6, 6.07) is 27.7. The normalized spacial score (nSPS) is 14.1. The van der Waals surface area contributed by atoms with Gasteiger partial charge in [0.1, 0.15) is 11.3 Å². The van der Waals surface area contributed by atoms with Gasteiger partial charge in [-0.2, -0.15) is 0 Å². The van der Waals surface area contributed by atoms with Crippen molar-refractivity contribution in [2.24, 2.45) is 0 Å². The van der Waals surface area contributed by atoms with Gasteiger partial charge in [-0.3, -0.25) is 9.36 Å². The summed E-state index contributed by atoms with van der Waals surface area (Å²) in [4.78, 5) is 15.6. The van der Waals surface area contributed by atoms with Crippen molar-refractivity contribution in [3.8, 4) is 17.3 Å². The fourth-order valence-corrected chi connectivity index (χ4v) is 3.98. The molecule has 1 saturated heterocycles. The van der Waals surface area contributed by atoms with Crippen molar-refractivity contribution in [3.63, 3.8) is 0 Å². The third kappa shape index (κ3) is 3.33. The summed E-state index contributed by atoms with van der Waals surface area (Å²) >= 11 is 0. The maximum atomic E-state index is 13.7. The standard InChI is InChI=1S/C25H23N3O2/c29-24(27-17-15-26-16-18-27)23-21-13-7-8-14-22(21)28(19-9-3-1-4-10-19)25(23)30-20-11-5-2-6-12-20/h1-14,26H,15-18H2. The molecule has 1 fully saturated rings. The van der Waals surface area contributed by atoms with Crippen molar-refractivity contribution in [3.05, 3.63) is 90.5 Å². The summed E-state index contributed by atoms with van der Waals surface area (Å²) in [7, 11) is 0. The second-order valence-corrected chi connectivity index (χ2v) is 7.33. The van der Waals surface area contributed by atoms with Gasteiger partial charge in [-0.05, 0) is 30.3 Å². The Morgan fingerprint density at radius 1 is 0.800 bits per heavy atom. The Morgan fingerprint density at radius 2 is 1.43 bits per heavy atom. The summed E-state index contributed by atoms with van der Waals surface area (Å²) in [6.07, 6.45) is 0. The highest BCUT2D eigenvalue weighted by molar-refractivity contribution is 6.10. The lowest BCUT2D eigenvalue weighted by atomic mass is 10.1. The first-order valence-electron chi connectivity index (χ1n) is 10.2. The minimum atomic E-state index is 0.00770. The predicted molar refractivity (Wildman–Crippen MR) is 119 cm³/mol. The SMILES string of the molecule is O=C(c1c(Oc2ccccc2)n(-c2ccccc2)c2ccccc12)N1CCNCC1. The first kappa shape index (κ1) is 18.5. The maximum Gasteiger partial charge on any atom is 0.260 e. The lowest BCUT2D eigenvalue weighted by Crippen LogP contribution is -2.46. The second-order valence-electron chi connectivity index (χ2n) is 7.33. The number of carbonyl (C=O) groups is 1. The van der Waals surface area contributed by atoms with Crippen LogP contribution in [0.15, 0.2) is 84.9 Å². The smallest absolute Gasteiger partial charge is 0.260 e. The van der Waals surface area contributed by atoms with E-state index >= 15 is 0 Å². The van der Waals surface area contributed by atoms with Gasteiger partial charge in [-0.15, -0.1) is 0 Å². The number of piperazine rings is 1. The molecule has 30 heavy (non-hydrogen) atoms. The van der Waals surface area contributed by atoms with E-state index in [1.54, 1.807) is 0 Å². The highest BCUT2D eigenvalue weighted by Crippen LogP contribution is 2.38. The molecule has 2 heterocycles. The summed E-state index contributed by atoms with van der Waals surface area (Å²) in [6.45, 7) is 2.98. The number of benzene rings is 3. The Hall–Kier alpha value is -3.57. The highest BCUT2D eigenvalue weighted by atomic mass is 16.5. The van der Waals surface area contributed by atoms with Gasteiger partial charge in [0.05, 0.1) is 5.52 Å². The number of amides is 1. The quantitative estimate of drug-likeness (QED) is 0.553. The van der Waals surface area contributed by atoms with Crippen molar-refractivity contribution in [2.75, 3.05) is 26.2 Å². The van der Waals surface area contributed by atoms with Gasteiger partial charge < -0.3 is 15.0 Å². The molecule has 5 rings (SSSR count). The average molecular weight is 397 g/mol. The summed E-state index contributed by atoms with van der Waals surface area (Å²) in [5.41, 5.74) is 2.52. The molecule has 150 valence electrons. The van der Waals surface area contributed by atoms with Gasteiger partial charge >= 0.3 is 0 Å². The number of ether oxygens (including phenoxy) is 1. The van der Waals surface area contributed by atoms with Crippen LogP contribution in [0.4, 0.5) is 0 Å². The first-order valence-corrected chi connectivity index (χ1v) is 10.2. The number of nitrogens with one attached hydrogen (secondary N) is 1. The molecule has 0 unspecified atom stereocenters. The third-order valence-corrected chi connectivity index (χ3v) is 5.42. The third-order valence-electron chi connectivity index (χ3n) is 5.42. The van der Waals surface area contributed by atoms with E-state index in [1.807, 2.05) is 94.4 Å². The molecule has 1 aromatic heterocycles. The van der Waals surface area contributed by atoms with Crippen molar-refractivity contribution < 1.29 is 9.53 Å². The molecule has 0 spiro atoms. The molecule has 0 atom stereocenters. The fraction of sp³-hybridized carbons (Fsp3) is 0.160. The monoisotopic (exact) mass is 397 g/mol. The van der Waals surface area contributed by atoms with E-state index in [-0.39, 0.29) is 5.91 Å². The Labute approximate surface area is 175 Å². The van der Waals surface area contributed by atoms with Crippen LogP contribution in [-0.2, 0) is 0 Å². The topological polar surface area (TPSA) is 46.5 Å². The molecule has 4 aromatic rings. The molecule has 0 radical (unpaired) electrons. The van der Waals surface area contributed by atoms with Crippen molar-refractivity contribution in [1.82, 2.24) is 14.8 Å². The lowest BCUT2D eigenvalue weighted by Gasteiger charge is -2.27. The zero-order valence-corrected chi connectivity index (χ0v) is 16.6. The second kappa shape index (κ2) is 8.05. The van der Waals surface area contributed by atoms with Crippen LogP contribution in [-0.4, -0.2) is 41.6 Å². The minimum absolute atomic E-state index is 0.00770. The zero-order chi connectivity index (χ0) is 20.3. The van der Waals surface area contributed by atoms with Crippen LogP contribution in [0.5, 0.6) is 11.6 Å². The highest BCUT2D eigenvalue weighted by Gasteiger charge is 2.29. The van der Waals surface area contributed by atoms with E-state index in [0.29, 0.717) is 30.3 Å². The fourth-order valence-electron chi connectivity index (χ4n) is 3.98. The van der Waals surface area contributed by atoms with E-state index in [9.17, 15) is 4.79 Å². The summed E-state index contributed by atoms with van der Waals surface area (Å²) < 4.78 is 8.43. The molecule has 1 N–H and O–H groups in total. The zero-order valence-electron chi connectivity index (χ0n) is 16.6. The molecule has 1 amide bonds. The van der Waals surface area contributed by atoms with Gasteiger partial charge in [-0.1, -0.05) is 54.6 Å². The van der Waals surface area contributed by atoms with Crippen LogP contribution in [0.1, 0.15) is 10.4 Å². The van der Waals surface area contributed by atoms with Crippen molar-refractivity contribution in [1.29, 1.82) is 0 Å². The number of nitrogens with zero attached hydrogens (tertiary/aromatic N) is 2. The molecule has 0 saturated carbocycles. The van der Waals surface area contributed by atoms with E-state index in [4.69, 9.17) is 4.74 Å². The number of rotatable bonds is 4. The molecular weight excluding hydrogens is 374 g/mol. The molecule has 0 aliphatic carbocycles. The number of fused-ring (bicyclic) bond motifs is 1. The molecule has 5 nitrogen and oxygen atoms in total. The number of hydrogen-bond donors (Lipinski definition) is 1. The van der Waals surface area contributed by atoms with Crippen LogP contribution in [0.2, 0.25) is 0 Å². The van der Waals surface area contributed by atoms with Crippen LogP contribution < -0.4 is 10.1 Å². The number of hydrogen-bond acceptors (Lipinski definition) is 3. The Kier molecular flexibility index (Phi) is 4.95. The number of carbonyl (C=O) groups excluding carboxylic acids is 1. The van der Waals surface area contributed by atoms with E-state index in [1.165, 1.54) is 0 Å². The van der Waals surface area contributed by atoms with Gasteiger partial charge in [0.15, 0.2) is 0 Å². The largest absolute Gasteiger partial charge is 0.440 e. The molecule has 0 bridgehead atoms. The van der Waals surface area contributed by atoms with Crippen LogP contribution in [0.25, 0.3) is 16.6 Å². The number of aromatic nitrogens is 1. The van der Waals surface area contributed by atoms with Gasteiger partial charge in [0, 0.05) is 37.3 Å². The average Bonchev–Trinajstić information content (AvgIpc) is 3.14. The van der Waals surface area contributed by atoms with E-state index < -0.39 is 0 Å². The molecule has 1 aliphatic heterocycles. The maximum absolute atomic E-state index is 13.7.